The van der Waals surface area contributed by atoms with Gasteiger partial charge in [-0.3, -0.25) is 0 Å². The summed E-state index contributed by atoms with van der Waals surface area (Å²) >= 11 is 0. The van der Waals surface area contributed by atoms with E-state index in [9.17, 15) is 0 Å². The molecule has 0 bridgehead atoms. The minimum atomic E-state index is -0.0523. The van der Waals surface area contributed by atoms with Crippen LogP contribution >= 0.6 is 0 Å². The summed E-state index contributed by atoms with van der Waals surface area (Å²) in [4.78, 5) is 0. The first kappa shape index (κ1) is 22.2. The van der Waals surface area contributed by atoms with Gasteiger partial charge in [-0.2, -0.15) is 0 Å². The van der Waals surface area contributed by atoms with Gasteiger partial charge in [0, 0.05) is 6.61 Å². The van der Waals surface area contributed by atoms with Gasteiger partial charge in [-0.1, -0.05) is 55.4 Å². The highest BCUT2D eigenvalue weighted by Crippen LogP contribution is 2.40. The molecular formula is C18H40O2. The van der Waals surface area contributed by atoms with Gasteiger partial charge in [0.1, 0.15) is 0 Å². The van der Waals surface area contributed by atoms with Gasteiger partial charge < -0.3 is 9.84 Å². The van der Waals surface area contributed by atoms with Crippen molar-refractivity contribution in [1.29, 1.82) is 0 Å². The van der Waals surface area contributed by atoms with Crippen LogP contribution in [0.3, 0.4) is 0 Å². The largest absolute Gasteiger partial charge is 0.397 e. The Balaban J connectivity index is 0. The molecule has 2 nitrogen and oxygen atoms in total. The van der Waals surface area contributed by atoms with E-state index in [4.69, 9.17) is 9.84 Å². The minimum Gasteiger partial charge on any atom is -0.397 e. The fourth-order valence-corrected chi connectivity index (χ4v) is 2.28. The highest BCUT2D eigenvalue weighted by atomic mass is 16.5. The highest BCUT2D eigenvalue weighted by Gasteiger charge is 2.43. The zero-order valence-electron chi connectivity index (χ0n) is 15.9. The summed E-state index contributed by atoms with van der Waals surface area (Å²) in [6, 6.07) is 0. The molecule has 20 heavy (non-hydrogen) atoms. The van der Waals surface area contributed by atoms with Crippen LogP contribution in [0.1, 0.15) is 76.2 Å². The second-order valence-corrected chi connectivity index (χ2v) is 7.40. The van der Waals surface area contributed by atoms with Crippen molar-refractivity contribution in [2.75, 3.05) is 6.61 Å². The molecule has 0 aromatic rings. The van der Waals surface area contributed by atoms with Gasteiger partial charge in [-0.25, -0.2) is 0 Å². The summed E-state index contributed by atoms with van der Waals surface area (Å²) in [5, 5.41) is 7.57. The SMILES string of the molecule is CC(C)C(C)(OC(C)(C(C)C)C(C)C)C(C)C.CCO. The summed E-state index contributed by atoms with van der Waals surface area (Å²) < 4.78 is 6.67. The molecule has 0 aliphatic rings. The lowest BCUT2D eigenvalue weighted by Crippen LogP contribution is -2.52. The van der Waals surface area contributed by atoms with Crippen LogP contribution in [0.5, 0.6) is 0 Å². The van der Waals surface area contributed by atoms with E-state index in [-0.39, 0.29) is 17.8 Å². The summed E-state index contributed by atoms with van der Waals surface area (Å²) in [6.45, 7) is 24.6. The van der Waals surface area contributed by atoms with E-state index in [2.05, 4.69) is 69.2 Å². The predicted octanol–water partition coefficient (Wildman–Crippen LogP) is 5.14. The predicted molar refractivity (Wildman–Crippen MR) is 90.0 cm³/mol. The lowest BCUT2D eigenvalue weighted by Gasteiger charge is -2.49. The molecular weight excluding hydrogens is 248 g/mol. The molecule has 0 saturated carbocycles. The number of aliphatic hydroxyl groups excluding tert-OH is 1. The van der Waals surface area contributed by atoms with E-state index in [1.54, 1.807) is 6.92 Å². The maximum Gasteiger partial charge on any atom is 0.0707 e. The maximum absolute atomic E-state index is 7.57. The monoisotopic (exact) mass is 288 g/mol. The van der Waals surface area contributed by atoms with Gasteiger partial charge >= 0.3 is 0 Å². The Bertz CT molecular complexity index is 202. The number of aliphatic hydroxyl groups is 1. The molecule has 0 unspecified atom stereocenters. The van der Waals surface area contributed by atoms with Gasteiger partial charge in [-0.15, -0.1) is 0 Å². The zero-order chi connectivity index (χ0) is 16.7. The lowest BCUT2D eigenvalue weighted by molar-refractivity contribution is -0.216. The molecule has 1 N–H and O–H groups in total. The standard InChI is InChI=1S/C16H34O.C2H6O/c1-11(2)15(9,12(3)4)17-16(10,13(5)6)14(7)8;1-2-3/h11-14H,1-10H3;3H,2H2,1H3. The van der Waals surface area contributed by atoms with Crippen LogP contribution < -0.4 is 0 Å². The molecule has 0 rings (SSSR count). The summed E-state index contributed by atoms with van der Waals surface area (Å²) in [5.41, 5.74) is -0.105. The number of hydrogen-bond donors (Lipinski definition) is 1. The van der Waals surface area contributed by atoms with Crippen LogP contribution in [0.15, 0.2) is 0 Å². The molecule has 0 heterocycles. The molecule has 0 atom stereocenters. The van der Waals surface area contributed by atoms with Gasteiger partial charge in [0.15, 0.2) is 0 Å². The lowest BCUT2D eigenvalue weighted by atomic mass is 9.77. The van der Waals surface area contributed by atoms with Crippen molar-refractivity contribution in [2.24, 2.45) is 23.7 Å². The third-order valence-electron chi connectivity index (χ3n) is 5.03. The molecule has 0 fully saturated rings. The average Bonchev–Trinajstić information content (AvgIpc) is 2.28. The van der Waals surface area contributed by atoms with E-state index >= 15 is 0 Å². The van der Waals surface area contributed by atoms with Gasteiger partial charge in [0.2, 0.25) is 0 Å². The van der Waals surface area contributed by atoms with Crippen LogP contribution in [0, 0.1) is 23.7 Å². The Labute approximate surface area is 128 Å². The summed E-state index contributed by atoms with van der Waals surface area (Å²) in [6.07, 6.45) is 0. The molecule has 124 valence electrons. The molecule has 0 aromatic heterocycles. The fourth-order valence-electron chi connectivity index (χ4n) is 2.28. The van der Waals surface area contributed by atoms with Gasteiger partial charge in [0.25, 0.3) is 0 Å². The van der Waals surface area contributed by atoms with E-state index in [0.29, 0.717) is 23.7 Å². The van der Waals surface area contributed by atoms with Gasteiger partial charge in [-0.05, 0) is 44.4 Å². The van der Waals surface area contributed by atoms with Crippen LogP contribution in [0.2, 0.25) is 0 Å². The second kappa shape index (κ2) is 9.04. The van der Waals surface area contributed by atoms with E-state index in [0.717, 1.165) is 0 Å². The summed E-state index contributed by atoms with van der Waals surface area (Å²) in [5.74, 6) is 2.11. The van der Waals surface area contributed by atoms with Crippen molar-refractivity contribution in [2.45, 2.75) is 87.4 Å². The quantitative estimate of drug-likeness (QED) is 0.733. The van der Waals surface area contributed by atoms with Crippen molar-refractivity contribution >= 4 is 0 Å². The Morgan fingerprint density at radius 3 is 0.950 bits per heavy atom. The van der Waals surface area contributed by atoms with Crippen LogP contribution in [0.4, 0.5) is 0 Å². The molecule has 2 heteroatoms. The van der Waals surface area contributed by atoms with Crippen LogP contribution in [0.25, 0.3) is 0 Å². The van der Waals surface area contributed by atoms with Crippen molar-refractivity contribution in [3.8, 4) is 0 Å². The molecule has 0 aliphatic heterocycles. The molecule has 0 radical (unpaired) electrons. The summed E-state index contributed by atoms with van der Waals surface area (Å²) in [7, 11) is 0. The van der Waals surface area contributed by atoms with Crippen molar-refractivity contribution in [3.05, 3.63) is 0 Å². The number of ether oxygens (including phenoxy) is 1. The molecule has 0 saturated heterocycles. The fraction of sp³-hybridized carbons (Fsp3) is 1.00. The van der Waals surface area contributed by atoms with E-state index in [1.165, 1.54) is 0 Å². The Hall–Kier alpha value is -0.0800. The third-order valence-corrected chi connectivity index (χ3v) is 5.03. The molecule has 0 aromatic carbocycles. The van der Waals surface area contributed by atoms with E-state index in [1.807, 2.05) is 0 Å². The number of rotatable bonds is 6. The Morgan fingerprint density at radius 1 is 0.700 bits per heavy atom. The maximum atomic E-state index is 7.57. The average molecular weight is 289 g/mol. The Morgan fingerprint density at radius 2 is 0.850 bits per heavy atom. The normalized spacial score (nSPS) is 13.2. The molecule has 0 aliphatic carbocycles. The van der Waals surface area contributed by atoms with Crippen molar-refractivity contribution in [1.82, 2.24) is 0 Å². The topological polar surface area (TPSA) is 29.5 Å². The second-order valence-electron chi connectivity index (χ2n) is 7.40. The molecule has 0 spiro atoms. The minimum absolute atomic E-state index is 0.0523. The highest BCUT2D eigenvalue weighted by molar-refractivity contribution is 4.91. The third kappa shape index (κ3) is 5.73. The number of hydrogen-bond acceptors (Lipinski definition) is 2. The smallest absolute Gasteiger partial charge is 0.0707 e. The van der Waals surface area contributed by atoms with Crippen molar-refractivity contribution in [3.63, 3.8) is 0 Å². The first-order chi connectivity index (χ1) is 8.89. The molecule has 0 amide bonds. The van der Waals surface area contributed by atoms with Gasteiger partial charge in [0.05, 0.1) is 11.2 Å². The van der Waals surface area contributed by atoms with Crippen LogP contribution in [-0.4, -0.2) is 22.9 Å². The first-order valence-electron chi connectivity index (χ1n) is 8.21. The zero-order valence-corrected chi connectivity index (χ0v) is 15.9. The Kier molecular flexibility index (Phi) is 10.0. The first-order valence-corrected chi connectivity index (χ1v) is 8.21. The van der Waals surface area contributed by atoms with E-state index < -0.39 is 0 Å². The van der Waals surface area contributed by atoms with Crippen molar-refractivity contribution < 1.29 is 9.84 Å². The van der Waals surface area contributed by atoms with Crippen LogP contribution in [-0.2, 0) is 4.74 Å².